The SMILES string of the molecule is [BH3-][P+]1(CCCc2ccccc2)[C@@H](Cc2ccccc2)C[C@@H]1Cc1ccccc1. The number of hydrogen-bond acceptors (Lipinski definition) is 0. The molecule has 1 fully saturated rings. The van der Waals surface area contributed by atoms with Gasteiger partial charge in [-0.15, -0.1) is 0 Å². The van der Waals surface area contributed by atoms with E-state index in [4.69, 9.17) is 0 Å². The van der Waals surface area contributed by atoms with Crippen LogP contribution < -0.4 is 0 Å². The van der Waals surface area contributed by atoms with Crippen molar-refractivity contribution in [3.05, 3.63) is 108 Å². The summed E-state index contributed by atoms with van der Waals surface area (Å²) in [6, 6.07) is 33.7. The van der Waals surface area contributed by atoms with Gasteiger partial charge in [-0.3, -0.25) is 0 Å². The Balaban J connectivity index is 1.44. The van der Waals surface area contributed by atoms with Crippen molar-refractivity contribution < 1.29 is 0 Å². The molecule has 0 bridgehead atoms. The summed E-state index contributed by atoms with van der Waals surface area (Å²) in [5.74, 6) is 0. The Kier molecular flexibility index (Phi) is 6.33. The second kappa shape index (κ2) is 9.10. The van der Waals surface area contributed by atoms with Crippen molar-refractivity contribution in [2.45, 2.75) is 43.4 Å². The first kappa shape index (κ1) is 19.5. The van der Waals surface area contributed by atoms with E-state index in [9.17, 15) is 0 Å². The Morgan fingerprint density at radius 3 is 1.54 bits per heavy atom. The Labute approximate surface area is 172 Å². The van der Waals surface area contributed by atoms with Gasteiger partial charge in [0, 0.05) is 36.7 Å². The standard InChI is InChI=1S/C26H32BP/c27-28(18-10-17-22-11-4-1-5-12-22)25(19-23-13-6-2-7-14-23)21-26(28)20-24-15-8-3-9-16-24/h1-9,11-16,25-26H,10,17-21H2,27H3/t25-,26-/m0/s1. The van der Waals surface area contributed by atoms with E-state index >= 15 is 0 Å². The van der Waals surface area contributed by atoms with Crippen LogP contribution in [0, 0.1) is 0 Å². The van der Waals surface area contributed by atoms with E-state index in [1.54, 1.807) is 17.3 Å². The maximum Gasteiger partial charge on any atom is 0.127 e. The maximum absolute atomic E-state index is 2.35. The molecule has 0 nitrogen and oxygen atoms in total. The summed E-state index contributed by atoms with van der Waals surface area (Å²) in [6.07, 6.45) is 8.38. The van der Waals surface area contributed by atoms with Crippen molar-refractivity contribution in [3.63, 3.8) is 0 Å². The summed E-state index contributed by atoms with van der Waals surface area (Å²) in [4.78, 5) is 0. The normalized spacial score (nSPS) is 20.5. The second-order valence-electron chi connectivity index (χ2n) is 7.75. The van der Waals surface area contributed by atoms with Gasteiger partial charge in [0.05, 0.1) is 0 Å². The van der Waals surface area contributed by atoms with Gasteiger partial charge in [0.1, 0.15) is 7.57 Å². The van der Waals surface area contributed by atoms with E-state index < -0.39 is 7.14 Å². The summed E-state index contributed by atoms with van der Waals surface area (Å²) >= 11 is 0. The van der Waals surface area contributed by atoms with E-state index in [1.165, 1.54) is 37.7 Å². The third-order valence-corrected chi connectivity index (χ3v) is 9.33. The Morgan fingerprint density at radius 1 is 0.643 bits per heavy atom. The third kappa shape index (κ3) is 4.58. The maximum atomic E-state index is 2.35. The van der Waals surface area contributed by atoms with Crippen LogP contribution in [0.15, 0.2) is 91.0 Å². The molecule has 1 heterocycles. The molecule has 1 aliphatic heterocycles. The highest BCUT2D eigenvalue weighted by Gasteiger charge is 2.51. The van der Waals surface area contributed by atoms with Crippen molar-refractivity contribution >= 4 is 14.7 Å². The summed E-state index contributed by atoms with van der Waals surface area (Å²) in [5.41, 5.74) is 6.71. The summed E-state index contributed by atoms with van der Waals surface area (Å²) < 4.78 is 0. The van der Waals surface area contributed by atoms with Crippen LogP contribution >= 0.6 is 7.14 Å². The highest BCUT2D eigenvalue weighted by Crippen LogP contribution is 2.74. The fraction of sp³-hybridized carbons (Fsp3) is 0.308. The Bertz CT molecular complexity index is 800. The molecule has 0 saturated carbocycles. The smallest absolute Gasteiger partial charge is 0.127 e. The lowest BCUT2D eigenvalue weighted by Crippen LogP contribution is -2.42. The molecule has 144 valence electrons. The number of hydrogen-bond donors (Lipinski definition) is 0. The van der Waals surface area contributed by atoms with E-state index in [1.807, 2.05) is 0 Å². The molecule has 0 spiro atoms. The minimum atomic E-state index is -0.681. The lowest BCUT2D eigenvalue weighted by Gasteiger charge is -2.54. The zero-order valence-corrected chi connectivity index (χ0v) is 16.9. The van der Waals surface area contributed by atoms with Crippen molar-refractivity contribution in [2.75, 3.05) is 6.16 Å². The molecule has 28 heavy (non-hydrogen) atoms. The molecule has 2 atom stereocenters. The lowest BCUT2D eigenvalue weighted by molar-refractivity contribution is 0.612. The van der Waals surface area contributed by atoms with Crippen LogP contribution in [0.3, 0.4) is 0 Å². The van der Waals surface area contributed by atoms with Gasteiger partial charge in [0.25, 0.3) is 0 Å². The van der Waals surface area contributed by atoms with Crippen molar-refractivity contribution in [1.82, 2.24) is 0 Å². The molecule has 3 aromatic rings. The number of rotatable bonds is 8. The predicted octanol–water partition coefficient (Wildman–Crippen LogP) is 5.54. The quantitative estimate of drug-likeness (QED) is 0.352. The zero-order valence-electron chi connectivity index (χ0n) is 16.0. The summed E-state index contributed by atoms with van der Waals surface area (Å²) in [7, 11) is -0.287. The molecule has 0 radical (unpaired) electrons. The van der Waals surface area contributed by atoms with Gasteiger partial charge in [-0.25, -0.2) is 0 Å². The molecule has 3 aromatic carbocycles. The van der Waals surface area contributed by atoms with Crippen LogP contribution in [0.5, 0.6) is 0 Å². The zero-order chi connectivity index (χ0) is 19.2. The van der Waals surface area contributed by atoms with Gasteiger partial charge < -0.3 is 0 Å². The minimum absolute atomic E-state index is 0.394. The van der Waals surface area contributed by atoms with Crippen LogP contribution in [-0.4, -0.2) is 25.0 Å². The minimum Gasteiger partial charge on any atom is -0.151 e. The topological polar surface area (TPSA) is 0 Å². The third-order valence-electron chi connectivity index (χ3n) is 5.84. The van der Waals surface area contributed by atoms with Crippen molar-refractivity contribution in [1.29, 1.82) is 0 Å². The number of aryl methyl sites for hydroxylation is 1. The van der Waals surface area contributed by atoms with Gasteiger partial charge in [-0.1, -0.05) is 91.0 Å². The largest absolute Gasteiger partial charge is 0.151 e. The number of benzene rings is 3. The van der Waals surface area contributed by atoms with Crippen LogP contribution in [0.2, 0.25) is 0 Å². The molecule has 1 saturated heterocycles. The average Bonchev–Trinajstić information content (AvgIpc) is 2.75. The lowest BCUT2D eigenvalue weighted by atomic mass is 10.0. The molecule has 0 unspecified atom stereocenters. The molecule has 1 aliphatic rings. The van der Waals surface area contributed by atoms with E-state index in [0.717, 1.165) is 11.3 Å². The van der Waals surface area contributed by atoms with E-state index in [0.29, 0.717) is 7.57 Å². The van der Waals surface area contributed by atoms with Crippen LogP contribution in [0.1, 0.15) is 29.5 Å². The molecule has 4 rings (SSSR count). The van der Waals surface area contributed by atoms with Crippen LogP contribution in [0.4, 0.5) is 0 Å². The molecule has 0 aliphatic carbocycles. The van der Waals surface area contributed by atoms with Gasteiger partial charge in [-0.2, -0.15) is 7.14 Å². The first-order chi connectivity index (χ1) is 13.7. The first-order valence-corrected chi connectivity index (χ1v) is 11.9. The molecule has 2 heteroatoms. The summed E-state index contributed by atoms with van der Waals surface area (Å²) in [5, 5.41) is 0. The Morgan fingerprint density at radius 2 is 1.07 bits per heavy atom. The van der Waals surface area contributed by atoms with Crippen LogP contribution in [0.25, 0.3) is 0 Å². The summed E-state index contributed by atoms with van der Waals surface area (Å²) in [6.45, 7) is 0. The van der Waals surface area contributed by atoms with Crippen molar-refractivity contribution in [2.24, 2.45) is 0 Å². The van der Waals surface area contributed by atoms with Gasteiger partial charge in [-0.05, 0) is 29.5 Å². The van der Waals surface area contributed by atoms with Gasteiger partial charge >= 0.3 is 0 Å². The Hall–Kier alpha value is -1.85. The molecule has 0 amide bonds. The molecule has 0 N–H and O–H groups in total. The average molecular weight is 386 g/mol. The van der Waals surface area contributed by atoms with Gasteiger partial charge in [0.15, 0.2) is 0 Å². The highest BCUT2D eigenvalue weighted by atomic mass is 31.2. The van der Waals surface area contributed by atoms with E-state index in [2.05, 4.69) is 91.0 Å². The molecular formula is C26H32BP. The molecular weight excluding hydrogens is 354 g/mol. The van der Waals surface area contributed by atoms with Gasteiger partial charge in [0.2, 0.25) is 0 Å². The fourth-order valence-corrected chi connectivity index (χ4v) is 7.79. The first-order valence-electron chi connectivity index (χ1n) is 10.3. The fourth-order valence-electron chi connectivity index (χ4n) is 4.39. The van der Waals surface area contributed by atoms with Crippen LogP contribution in [-0.2, 0) is 19.3 Å². The molecule has 0 aromatic heterocycles. The van der Waals surface area contributed by atoms with Crippen molar-refractivity contribution in [3.8, 4) is 0 Å². The van der Waals surface area contributed by atoms with E-state index in [-0.39, 0.29) is 0 Å². The predicted molar refractivity (Wildman–Crippen MR) is 129 cm³/mol. The second-order valence-corrected chi connectivity index (χ2v) is 10.7. The highest BCUT2D eigenvalue weighted by molar-refractivity contribution is 7.99. The monoisotopic (exact) mass is 386 g/mol.